The number of nitrogens with one attached hydrogen (secondary N) is 2. The summed E-state index contributed by atoms with van der Waals surface area (Å²) in [6.45, 7) is 1.09. The Morgan fingerprint density at radius 3 is 2.51 bits per heavy atom. The topological polar surface area (TPSA) is 134 Å². The number of amides is 3. The second-order valence-corrected chi connectivity index (χ2v) is 8.71. The Labute approximate surface area is 216 Å². The van der Waals surface area contributed by atoms with Crippen molar-refractivity contribution >= 4 is 34.8 Å². The van der Waals surface area contributed by atoms with E-state index in [0.717, 1.165) is 33.9 Å². The Kier molecular flexibility index (Phi) is 7.26. The third-order valence-corrected chi connectivity index (χ3v) is 6.09. The standard InChI is InChI=1S/C24H20F5N5O5/c1-2-17(24(27,28)29)31-22(37)14-10-33(16-5-3-11(25)7-15(16)26)21-13(20(14)36)4-6-18(32-21)34-9-12(8-19(34)35)30-23(38)39/h3-7,10,12,17,30H,2,8-9H2,1H3,(H,31,37)(H,38,39)/t12-,17+/m0/s1. The molecule has 0 spiro atoms. The van der Waals surface area contributed by atoms with Gasteiger partial charge in [0.15, 0.2) is 5.65 Å². The number of nitrogens with zero attached hydrogens (tertiary/aromatic N) is 3. The number of aromatic nitrogens is 2. The molecule has 1 fully saturated rings. The summed E-state index contributed by atoms with van der Waals surface area (Å²) >= 11 is 0. The molecule has 2 aromatic heterocycles. The van der Waals surface area contributed by atoms with Crippen LogP contribution in [0.15, 0.2) is 41.3 Å². The first kappa shape index (κ1) is 27.5. The summed E-state index contributed by atoms with van der Waals surface area (Å²) in [7, 11) is 0. The van der Waals surface area contributed by atoms with Crippen LogP contribution in [0.1, 0.15) is 30.1 Å². The lowest BCUT2D eigenvalue weighted by Gasteiger charge is -2.21. The summed E-state index contributed by atoms with van der Waals surface area (Å²) in [5.74, 6) is -4.00. The molecule has 0 radical (unpaired) electrons. The summed E-state index contributed by atoms with van der Waals surface area (Å²) in [6, 6.07) is 1.74. The highest BCUT2D eigenvalue weighted by atomic mass is 19.4. The van der Waals surface area contributed by atoms with Gasteiger partial charge in [-0.3, -0.25) is 23.9 Å². The summed E-state index contributed by atoms with van der Waals surface area (Å²) in [6.07, 6.45) is -6.05. The Balaban J connectivity index is 1.87. The number of carbonyl (C=O) groups excluding carboxylic acids is 2. The minimum Gasteiger partial charge on any atom is -0.465 e. The van der Waals surface area contributed by atoms with Gasteiger partial charge >= 0.3 is 12.3 Å². The molecule has 10 nitrogen and oxygen atoms in total. The van der Waals surface area contributed by atoms with E-state index in [9.17, 15) is 41.1 Å². The van der Waals surface area contributed by atoms with E-state index < -0.39 is 65.2 Å². The van der Waals surface area contributed by atoms with Gasteiger partial charge in [-0.15, -0.1) is 0 Å². The predicted octanol–water partition coefficient (Wildman–Crippen LogP) is 3.11. The van der Waals surface area contributed by atoms with Crippen LogP contribution >= 0.6 is 0 Å². The summed E-state index contributed by atoms with van der Waals surface area (Å²) in [4.78, 5) is 54.8. The monoisotopic (exact) mass is 553 g/mol. The minimum atomic E-state index is -4.80. The van der Waals surface area contributed by atoms with Crippen molar-refractivity contribution in [3.8, 4) is 5.69 Å². The van der Waals surface area contributed by atoms with E-state index in [1.165, 1.54) is 13.0 Å². The van der Waals surface area contributed by atoms with Crippen molar-refractivity contribution in [2.75, 3.05) is 11.4 Å². The van der Waals surface area contributed by atoms with Gasteiger partial charge in [-0.2, -0.15) is 13.2 Å². The zero-order chi connectivity index (χ0) is 28.6. The van der Waals surface area contributed by atoms with E-state index in [0.29, 0.717) is 6.07 Å². The Morgan fingerprint density at radius 1 is 1.18 bits per heavy atom. The number of fused-ring (bicyclic) bond motifs is 1. The molecule has 2 atom stereocenters. The number of carbonyl (C=O) groups is 3. The largest absolute Gasteiger partial charge is 0.465 e. The number of halogens is 5. The molecular formula is C24H20F5N5O5. The Morgan fingerprint density at radius 2 is 1.90 bits per heavy atom. The van der Waals surface area contributed by atoms with Crippen LogP contribution in [0.3, 0.4) is 0 Å². The van der Waals surface area contributed by atoms with Crippen molar-refractivity contribution in [2.45, 2.75) is 38.0 Å². The fraction of sp³-hybridized carbons (Fsp3) is 0.292. The van der Waals surface area contributed by atoms with Crippen molar-refractivity contribution < 1.29 is 41.4 Å². The number of pyridine rings is 2. The SMILES string of the molecule is CC[C@@H](NC(=O)c1cn(-c2ccc(F)cc2F)c2nc(N3C[C@@H](NC(=O)O)CC3=O)ccc2c1=O)C(F)(F)F. The zero-order valence-corrected chi connectivity index (χ0v) is 20.1. The maximum absolute atomic E-state index is 14.8. The van der Waals surface area contributed by atoms with Gasteiger partial charge in [0, 0.05) is 25.2 Å². The van der Waals surface area contributed by atoms with Gasteiger partial charge in [-0.1, -0.05) is 6.92 Å². The maximum Gasteiger partial charge on any atom is 0.408 e. The molecule has 3 N–H and O–H groups in total. The van der Waals surface area contributed by atoms with E-state index in [1.807, 2.05) is 0 Å². The number of alkyl halides is 3. The molecule has 0 bridgehead atoms. The van der Waals surface area contributed by atoms with Gasteiger partial charge in [0.05, 0.1) is 17.1 Å². The fourth-order valence-corrected chi connectivity index (χ4v) is 4.22. The number of benzene rings is 1. The maximum atomic E-state index is 14.8. The normalized spacial score (nSPS) is 16.4. The van der Waals surface area contributed by atoms with Gasteiger partial charge in [-0.05, 0) is 30.7 Å². The lowest BCUT2D eigenvalue weighted by Crippen LogP contribution is -2.46. The van der Waals surface area contributed by atoms with Gasteiger partial charge in [-0.25, -0.2) is 18.6 Å². The first-order valence-corrected chi connectivity index (χ1v) is 11.5. The molecule has 1 saturated heterocycles. The quantitative estimate of drug-likeness (QED) is 0.402. The highest BCUT2D eigenvalue weighted by molar-refractivity contribution is 5.99. The lowest BCUT2D eigenvalue weighted by atomic mass is 10.1. The minimum absolute atomic E-state index is 0.0434. The predicted molar refractivity (Wildman–Crippen MR) is 127 cm³/mol. The van der Waals surface area contributed by atoms with Crippen molar-refractivity contribution in [2.24, 2.45) is 0 Å². The van der Waals surface area contributed by atoms with Crippen molar-refractivity contribution in [1.82, 2.24) is 20.2 Å². The van der Waals surface area contributed by atoms with Gasteiger partial charge in [0.1, 0.15) is 29.1 Å². The molecule has 206 valence electrons. The molecule has 3 amide bonds. The molecule has 1 aliphatic rings. The van der Waals surface area contributed by atoms with Crippen LogP contribution in [0.5, 0.6) is 0 Å². The van der Waals surface area contributed by atoms with Crippen LogP contribution in [0.2, 0.25) is 0 Å². The van der Waals surface area contributed by atoms with Crippen LogP contribution in [0.25, 0.3) is 16.7 Å². The highest BCUT2D eigenvalue weighted by Crippen LogP contribution is 2.26. The number of carboxylic acid groups (broad SMARTS) is 1. The van der Waals surface area contributed by atoms with E-state index in [2.05, 4.69) is 10.3 Å². The molecule has 0 unspecified atom stereocenters. The second kappa shape index (κ2) is 10.3. The number of anilines is 1. The van der Waals surface area contributed by atoms with E-state index in [1.54, 1.807) is 5.32 Å². The Hall–Kier alpha value is -4.56. The molecule has 3 aromatic rings. The summed E-state index contributed by atoms with van der Waals surface area (Å²) in [5, 5.41) is 12.6. The molecule has 1 aliphatic heterocycles. The molecule has 15 heteroatoms. The zero-order valence-electron chi connectivity index (χ0n) is 20.1. The molecule has 1 aromatic carbocycles. The average Bonchev–Trinajstić information content (AvgIpc) is 3.21. The molecular weight excluding hydrogens is 533 g/mol. The number of hydrogen-bond donors (Lipinski definition) is 3. The van der Waals surface area contributed by atoms with Gasteiger partial charge in [0.2, 0.25) is 11.3 Å². The number of hydrogen-bond acceptors (Lipinski definition) is 5. The first-order valence-electron chi connectivity index (χ1n) is 11.5. The first-order chi connectivity index (χ1) is 18.3. The van der Waals surface area contributed by atoms with Crippen molar-refractivity contribution in [1.29, 1.82) is 0 Å². The fourth-order valence-electron chi connectivity index (χ4n) is 4.22. The summed E-state index contributed by atoms with van der Waals surface area (Å²) in [5.41, 5.74) is -2.45. The van der Waals surface area contributed by atoms with Crippen LogP contribution in [-0.2, 0) is 4.79 Å². The van der Waals surface area contributed by atoms with Crippen LogP contribution < -0.4 is 21.0 Å². The third kappa shape index (κ3) is 5.51. The van der Waals surface area contributed by atoms with Gasteiger partial charge in [0.25, 0.3) is 5.91 Å². The molecule has 4 rings (SSSR count). The van der Waals surface area contributed by atoms with Crippen LogP contribution in [0.4, 0.5) is 32.6 Å². The molecule has 39 heavy (non-hydrogen) atoms. The van der Waals surface area contributed by atoms with Gasteiger partial charge < -0.3 is 15.7 Å². The molecule has 0 aliphatic carbocycles. The summed E-state index contributed by atoms with van der Waals surface area (Å²) < 4.78 is 69.0. The number of rotatable bonds is 6. The van der Waals surface area contributed by atoms with Crippen LogP contribution in [0, 0.1) is 11.6 Å². The Bertz CT molecular complexity index is 1540. The molecule has 0 saturated carbocycles. The van der Waals surface area contributed by atoms with E-state index in [-0.39, 0.29) is 35.5 Å². The van der Waals surface area contributed by atoms with Crippen molar-refractivity contribution in [3.63, 3.8) is 0 Å². The highest BCUT2D eigenvalue weighted by Gasteiger charge is 2.40. The van der Waals surface area contributed by atoms with E-state index >= 15 is 0 Å². The third-order valence-electron chi connectivity index (χ3n) is 6.09. The molecule has 3 heterocycles. The smallest absolute Gasteiger partial charge is 0.408 e. The van der Waals surface area contributed by atoms with E-state index in [4.69, 9.17) is 5.11 Å². The van der Waals surface area contributed by atoms with Crippen LogP contribution in [-0.4, -0.2) is 57.4 Å². The lowest BCUT2D eigenvalue weighted by molar-refractivity contribution is -0.153. The second-order valence-electron chi connectivity index (χ2n) is 8.71. The average molecular weight is 553 g/mol. The van der Waals surface area contributed by atoms with Crippen molar-refractivity contribution in [3.05, 3.63) is 63.9 Å².